The van der Waals surface area contributed by atoms with Crippen LogP contribution in [-0.4, -0.2) is 35.9 Å². The first-order valence-corrected chi connectivity index (χ1v) is 6.24. The van der Waals surface area contributed by atoms with E-state index in [1.54, 1.807) is 0 Å². The van der Waals surface area contributed by atoms with E-state index in [1.165, 1.54) is 0 Å². The van der Waals surface area contributed by atoms with Crippen molar-refractivity contribution in [3.8, 4) is 5.88 Å². The molecule has 1 aromatic rings. The molecule has 8 heteroatoms. The maximum Gasteiger partial charge on any atom is 0.433 e. The van der Waals surface area contributed by atoms with Crippen LogP contribution in [0.4, 0.5) is 13.2 Å². The molecule has 0 amide bonds. The topological polar surface area (TPSA) is 68.7 Å². The minimum Gasteiger partial charge on any atom is -0.477 e. The van der Waals surface area contributed by atoms with Crippen molar-refractivity contribution < 1.29 is 32.5 Å². The molecule has 0 saturated carbocycles. The quantitative estimate of drug-likeness (QED) is 0.784. The average molecular weight is 307 g/mol. The van der Waals surface area contributed by atoms with E-state index >= 15 is 0 Å². The van der Waals surface area contributed by atoms with Crippen molar-refractivity contribution >= 4 is 5.97 Å². The Morgan fingerprint density at radius 1 is 1.33 bits per heavy atom. The van der Waals surface area contributed by atoms with Crippen LogP contribution >= 0.6 is 0 Å². The van der Waals surface area contributed by atoms with Crippen LogP contribution in [0, 0.1) is 5.92 Å². The van der Waals surface area contributed by atoms with Crippen LogP contribution in [0.2, 0.25) is 0 Å². The third-order valence-electron chi connectivity index (χ3n) is 2.30. The van der Waals surface area contributed by atoms with Gasteiger partial charge in [0.1, 0.15) is 17.9 Å². The molecular formula is C13H16F3NO4. The molecule has 1 aromatic heterocycles. The fourth-order valence-electron chi connectivity index (χ4n) is 1.39. The van der Waals surface area contributed by atoms with Crippen LogP contribution in [0.15, 0.2) is 12.1 Å². The van der Waals surface area contributed by atoms with E-state index in [9.17, 15) is 18.0 Å². The van der Waals surface area contributed by atoms with Gasteiger partial charge in [0.25, 0.3) is 0 Å². The predicted molar refractivity (Wildman–Crippen MR) is 67.4 cm³/mol. The Bertz CT molecular complexity index is 489. The molecule has 0 spiro atoms. The van der Waals surface area contributed by atoms with Crippen molar-refractivity contribution in [2.75, 3.05) is 19.8 Å². The predicted octanol–water partition coefficient (Wildman–Crippen LogP) is 2.85. The Morgan fingerprint density at radius 2 is 2.00 bits per heavy atom. The van der Waals surface area contributed by atoms with Gasteiger partial charge in [0.05, 0.1) is 6.61 Å². The van der Waals surface area contributed by atoms with Crippen LogP contribution in [0.1, 0.15) is 29.9 Å². The summed E-state index contributed by atoms with van der Waals surface area (Å²) >= 11 is 0. The fraction of sp³-hybridized carbons (Fsp3) is 0.538. The van der Waals surface area contributed by atoms with Crippen LogP contribution in [-0.2, 0) is 10.9 Å². The lowest BCUT2D eigenvalue weighted by Gasteiger charge is -2.12. The monoisotopic (exact) mass is 307 g/mol. The number of alkyl halides is 3. The highest BCUT2D eigenvalue weighted by atomic mass is 19.4. The first kappa shape index (κ1) is 17.2. The molecule has 0 fully saturated rings. The first-order valence-electron chi connectivity index (χ1n) is 6.24. The highest BCUT2D eigenvalue weighted by Crippen LogP contribution is 2.30. The van der Waals surface area contributed by atoms with Crippen LogP contribution in [0.5, 0.6) is 5.88 Å². The Hall–Kier alpha value is -1.83. The molecule has 0 aromatic carbocycles. The van der Waals surface area contributed by atoms with Gasteiger partial charge in [-0.15, -0.1) is 0 Å². The largest absolute Gasteiger partial charge is 0.477 e. The van der Waals surface area contributed by atoms with Crippen LogP contribution in [0.25, 0.3) is 0 Å². The zero-order valence-electron chi connectivity index (χ0n) is 11.6. The first-order chi connectivity index (χ1) is 9.71. The summed E-state index contributed by atoms with van der Waals surface area (Å²) in [6.45, 7) is 4.41. The standard InChI is InChI=1S/C13H16F3NO4/c1-8(2)7-20-5-6-21-11-9(12(18)19)3-4-10(17-11)13(14,15)16/h3-4,8H,5-7H2,1-2H3,(H,18,19). The van der Waals surface area contributed by atoms with Gasteiger partial charge in [0, 0.05) is 6.61 Å². The molecule has 1 N–H and O–H groups in total. The number of nitrogens with zero attached hydrogens (tertiary/aromatic N) is 1. The van der Waals surface area contributed by atoms with Crippen LogP contribution < -0.4 is 4.74 Å². The number of ether oxygens (including phenoxy) is 2. The summed E-state index contributed by atoms with van der Waals surface area (Å²) < 4.78 is 47.8. The number of aromatic carboxylic acids is 1. The van der Waals surface area contributed by atoms with Crippen molar-refractivity contribution in [1.29, 1.82) is 0 Å². The minimum atomic E-state index is -4.66. The molecule has 0 atom stereocenters. The number of hydrogen-bond donors (Lipinski definition) is 1. The molecule has 0 bridgehead atoms. The fourth-order valence-corrected chi connectivity index (χ4v) is 1.39. The van der Waals surface area contributed by atoms with Gasteiger partial charge < -0.3 is 14.6 Å². The Kier molecular flexibility index (Phi) is 5.95. The molecular weight excluding hydrogens is 291 g/mol. The Morgan fingerprint density at radius 3 is 2.52 bits per heavy atom. The number of carboxylic acids is 1. The van der Waals surface area contributed by atoms with Gasteiger partial charge in [-0.05, 0) is 18.1 Å². The van der Waals surface area contributed by atoms with Crippen molar-refractivity contribution in [3.05, 3.63) is 23.4 Å². The molecule has 0 saturated heterocycles. The van der Waals surface area contributed by atoms with Gasteiger partial charge >= 0.3 is 12.1 Å². The Labute approximate surface area is 119 Å². The van der Waals surface area contributed by atoms with Gasteiger partial charge in [0.2, 0.25) is 5.88 Å². The lowest BCUT2D eigenvalue weighted by Crippen LogP contribution is -2.15. The number of hydrogen-bond acceptors (Lipinski definition) is 4. The molecule has 1 heterocycles. The normalized spacial score (nSPS) is 11.7. The minimum absolute atomic E-state index is 0.0820. The molecule has 0 aliphatic rings. The third-order valence-corrected chi connectivity index (χ3v) is 2.30. The van der Waals surface area contributed by atoms with E-state index in [4.69, 9.17) is 14.6 Å². The van der Waals surface area contributed by atoms with Gasteiger partial charge in [-0.2, -0.15) is 13.2 Å². The van der Waals surface area contributed by atoms with E-state index in [0.717, 1.165) is 6.07 Å². The van der Waals surface area contributed by atoms with Gasteiger partial charge in [0.15, 0.2) is 0 Å². The van der Waals surface area contributed by atoms with Crippen molar-refractivity contribution in [2.24, 2.45) is 5.92 Å². The van der Waals surface area contributed by atoms with Gasteiger partial charge in [-0.25, -0.2) is 9.78 Å². The molecule has 1 rings (SSSR count). The number of aromatic nitrogens is 1. The molecule has 5 nitrogen and oxygen atoms in total. The van der Waals surface area contributed by atoms with Gasteiger partial charge in [-0.3, -0.25) is 0 Å². The lowest BCUT2D eigenvalue weighted by molar-refractivity contribution is -0.141. The molecule has 0 radical (unpaired) electrons. The summed E-state index contributed by atoms with van der Waals surface area (Å²) in [5, 5.41) is 8.90. The van der Waals surface area contributed by atoms with Crippen molar-refractivity contribution in [1.82, 2.24) is 4.98 Å². The average Bonchev–Trinajstić information content (AvgIpc) is 2.36. The summed E-state index contributed by atoms with van der Waals surface area (Å²) in [5.74, 6) is -1.66. The zero-order valence-corrected chi connectivity index (χ0v) is 11.6. The van der Waals surface area contributed by atoms with Crippen LogP contribution in [0.3, 0.4) is 0 Å². The summed E-state index contributed by atoms with van der Waals surface area (Å²) in [6.07, 6.45) is -4.66. The maximum atomic E-state index is 12.5. The maximum absolute atomic E-state index is 12.5. The summed E-state index contributed by atoms with van der Waals surface area (Å²) in [5.41, 5.74) is -1.63. The number of pyridine rings is 1. The van der Waals surface area contributed by atoms with Crippen molar-refractivity contribution in [3.63, 3.8) is 0 Å². The second-order valence-electron chi connectivity index (χ2n) is 4.67. The lowest BCUT2D eigenvalue weighted by atomic mass is 10.2. The van der Waals surface area contributed by atoms with E-state index in [-0.39, 0.29) is 13.2 Å². The number of halogens is 3. The molecule has 0 aliphatic carbocycles. The SMILES string of the molecule is CC(C)COCCOc1nc(C(F)(F)F)ccc1C(=O)O. The number of rotatable bonds is 7. The second kappa shape index (κ2) is 7.26. The van der Waals surface area contributed by atoms with Crippen molar-refractivity contribution in [2.45, 2.75) is 20.0 Å². The summed E-state index contributed by atoms with van der Waals surface area (Å²) in [4.78, 5) is 14.1. The molecule has 21 heavy (non-hydrogen) atoms. The van der Waals surface area contributed by atoms with E-state index in [2.05, 4.69) is 4.98 Å². The Balaban J connectivity index is 2.75. The smallest absolute Gasteiger partial charge is 0.433 e. The van der Waals surface area contributed by atoms with E-state index < -0.39 is 29.3 Å². The second-order valence-corrected chi connectivity index (χ2v) is 4.67. The highest BCUT2D eigenvalue weighted by Gasteiger charge is 2.33. The van der Waals surface area contributed by atoms with E-state index in [1.807, 2.05) is 13.8 Å². The summed E-state index contributed by atoms with van der Waals surface area (Å²) in [7, 11) is 0. The zero-order chi connectivity index (χ0) is 16.0. The molecule has 0 unspecified atom stereocenters. The highest BCUT2D eigenvalue weighted by molar-refractivity contribution is 5.90. The number of carboxylic acid groups (broad SMARTS) is 1. The molecule has 0 aliphatic heterocycles. The number of carbonyl (C=O) groups is 1. The van der Waals surface area contributed by atoms with Gasteiger partial charge in [-0.1, -0.05) is 13.8 Å². The molecule has 118 valence electrons. The third kappa shape index (κ3) is 5.58. The summed E-state index contributed by atoms with van der Waals surface area (Å²) in [6, 6.07) is 1.42. The van der Waals surface area contributed by atoms with E-state index in [0.29, 0.717) is 18.6 Å².